The van der Waals surface area contributed by atoms with Gasteiger partial charge in [0.15, 0.2) is 0 Å². The maximum atomic E-state index is 12.9. The van der Waals surface area contributed by atoms with Crippen molar-refractivity contribution >= 4 is 17.7 Å². The highest BCUT2D eigenvalue weighted by Gasteiger charge is 2.39. The molecule has 0 aromatic heterocycles. The van der Waals surface area contributed by atoms with E-state index in [1.54, 1.807) is 4.90 Å². The molecule has 1 aliphatic carbocycles. The minimum Gasteiger partial charge on any atom is -0.322 e. The lowest BCUT2D eigenvalue weighted by Crippen LogP contribution is -2.52. The summed E-state index contributed by atoms with van der Waals surface area (Å²) in [6.45, 7) is 3.78. The summed E-state index contributed by atoms with van der Waals surface area (Å²) in [6.07, 6.45) is 9.27. The second kappa shape index (κ2) is 9.29. The van der Waals surface area contributed by atoms with Crippen molar-refractivity contribution in [1.82, 2.24) is 15.5 Å². The Morgan fingerprint density at radius 2 is 1.97 bits per heavy atom. The lowest BCUT2D eigenvalue weighted by molar-refractivity contribution is -0.136. The summed E-state index contributed by atoms with van der Waals surface area (Å²) in [7, 11) is 0. The van der Waals surface area contributed by atoms with Crippen molar-refractivity contribution in [2.24, 2.45) is 5.92 Å². The maximum Gasteiger partial charge on any atom is 0.255 e. The van der Waals surface area contributed by atoms with Gasteiger partial charge in [-0.15, -0.1) is 0 Å². The summed E-state index contributed by atoms with van der Waals surface area (Å²) in [4.78, 5) is 38.2. The fourth-order valence-electron chi connectivity index (χ4n) is 5.24. The Hall–Kier alpha value is -2.21. The van der Waals surface area contributed by atoms with Crippen molar-refractivity contribution in [1.29, 1.82) is 0 Å². The number of amides is 3. The number of unbranched alkanes of at least 4 members (excludes halogenated alkanes) is 1. The number of carbonyl (C=O) groups excluding carboxylic acids is 3. The molecule has 2 fully saturated rings. The molecule has 162 valence electrons. The van der Waals surface area contributed by atoms with Crippen LogP contribution in [0, 0.1) is 5.92 Å². The molecule has 0 spiro atoms. The van der Waals surface area contributed by atoms with E-state index in [1.165, 1.54) is 44.1 Å². The van der Waals surface area contributed by atoms with Crippen molar-refractivity contribution < 1.29 is 14.4 Å². The molecule has 3 aliphatic rings. The molecule has 1 saturated carbocycles. The molecule has 1 unspecified atom stereocenters. The largest absolute Gasteiger partial charge is 0.322 e. The van der Waals surface area contributed by atoms with E-state index in [2.05, 4.69) is 29.7 Å². The standard InChI is InChI=1S/C24H33N3O3/c1-2-3-12-25-20-7-5-4-6-17(20)13-16-8-9-19-18(14-16)15-27(24(19)30)21-10-11-22(28)26-23(21)29/h8-9,14,17,20-21,25H,2-7,10-13,15H2,1H3,(H,26,28,29)/t17-,20+,21?/m1/s1. The zero-order valence-electron chi connectivity index (χ0n) is 17.9. The molecule has 30 heavy (non-hydrogen) atoms. The van der Waals surface area contributed by atoms with Gasteiger partial charge in [0.1, 0.15) is 6.04 Å². The summed E-state index contributed by atoms with van der Waals surface area (Å²) >= 11 is 0. The predicted molar refractivity (Wildman–Crippen MR) is 115 cm³/mol. The van der Waals surface area contributed by atoms with E-state index >= 15 is 0 Å². The topological polar surface area (TPSA) is 78.5 Å². The summed E-state index contributed by atoms with van der Waals surface area (Å²) < 4.78 is 0. The average molecular weight is 412 g/mol. The first-order valence-electron chi connectivity index (χ1n) is 11.6. The zero-order valence-corrected chi connectivity index (χ0v) is 17.9. The molecular formula is C24H33N3O3. The maximum absolute atomic E-state index is 12.9. The van der Waals surface area contributed by atoms with Crippen LogP contribution in [0.15, 0.2) is 18.2 Å². The van der Waals surface area contributed by atoms with E-state index in [0.717, 1.165) is 18.5 Å². The van der Waals surface area contributed by atoms with Crippen LogP contribution < -0.4 is 10.6 Å². The Balaban J connectivity index is 1.43. The Morgan fingerprint density at radius 1 is 1.13 bits per heavy atom. The second-order valence-corrected chi connectivity index (χ2v) is 9.05. The SMILES string of the molecule is CCCCN[C@H]1CCCC[C@@H]1Cc1ccc2c(c1)CN(C1CCC(=O)NC1=O)C2=O. The fraction of sp³-hybridized carbons (Fsp3) is 0.625. The van der Waals surface area contributed by atoms with Crippen LogP contribution >= 0.6 is 0 Å². The molecule has 2 heterocycles. The van der Waals surface area contributed by atoms with Crippen LogP contribution in [0.25, 0.3) is 0 Å². The number of benzene rings is 1. The summed E-state index contributed by atoms with van der Waals surface area (Å²) in [5.41, 5.74) is 2.99. The van der Waals surface area contributed by atoms with Crippen molar-refractivity contribution in [3.05, 3.63) is 34.9 Å². The minimum absolute atomic E-state index is 0.0946. The molecule has 0 radical (unpaired) electrons. The molecule has 2 aliphatic heterocycles. The number of hydrogen-bond donors (Lipinski definition) is 2. The summed E-state index contributed by atoms with van der Waals surface area (Å²) in [6, 6.07) is 6.22. The molecule has 6 heteroatoms. The van der Waals surface area contributed by atoms with E-state index < -0.39 is 6.04 Å². The molecule has 1 aromatic rings. The van der Waals surface area contributed by atoms with Gasteiger partial charge in [-0.05, 0) is 61.8 Å². The molecule has 2 N–H and O–H groups in total. The summed E-state index contributed by atoms with van der Waals surface area (Å²) in [5, 5.41) is 6.14. The lowest BCUT2D eigenvalue weighted by Gasteiger charge is -2.32. The van der Waals surface area contributed by atoms with Crippen molar-refractivity contribution in [3.63, 3.8) is 0 Å². The number of hydrogen-bond acceptors (Lipinski definition) is 4. The van der Waals surface area contributed by atoms with Gasteiger partial charge in [0.05, 0.1) is 0 Å². The van der Waals surface area contributed by atoms with Crippen LogP contribution in [-0.4, -0.2) is 41.2 Å². The molecular weight excluding hydrogens is 378 g/mol. The first kappa shape index (κ1) is 21.0. The molecule has 1 saturated heterocycles. The first-order chi connectivity index (χ1) is 14.6. The van der Waals surface area contributed by atoms with E-state index in [4.69, 9.17) is 0 Å². The number of nitrogens with one attached hydrogen (secondary N) is 2. The highest BCUT2D eigenvalue weighted by atomic mass is 16.2. The van der Waals surface area contributed by atoms with Gasteiger partial charge >= 0.3 is 0 Å². The highest BCUT2D eigenvalue weighted by molar-refractivity contribution is 6.05. The van der Waals surface area contributed by atoms with E-state index in [9.17, 15) is 14.4 Å². The van der Waals surface area contributed by atoms with Crippen LogP contribution in [-0.2, 0) is 22.6 Å². The monoisotopic (exact) mass is 411 g/mol. The molecule has 4 rings (SSSR count). The number of imide groups is 1. The van der Waals surface area contributed by atoms with Crippen LogP contribution in [0.5, 0.6) is 0 Å². The van der Waals surface area contributed by atoms with Crippen LogP contribution in [0.3, 0.4) is 0 Å². The smallest absolute Gasteiger partial charge is 0.255 e. The Kier molecular flexibility index (Phi) is 6.52. The van der Waals surface area contributed by atoms with Gasteiger partial charge in [-0.1, -0.05) is 38.3 Å². The third kappa shape index (κ3) is 4.43. The number of piperidine rings is 1. The van der Waals surface area contributed by atoms with E-state index in [1.807, 2.05) is 6.07 Å². The van der Waals surface area contributed by atoms with Crippen LogP contribution in [0.1, 0.15) is 79.8 Å². The average Bonchev–Trinajstić information content (AvgIpc) is 3.05. The summed E-state index contributed by atoms with van der Waals surface area (Å²) in [5.74, 6) is -0.0621. The number of nitrogens with zero attached hydrogens (tertiary/aromatic N) is 1. The van der Waals surface area contributed by atoms with Gasteiger partial charge in [0, 0.05) is 24.6 Å². The van der Waals surface area contributed by atoms with Gasteiger partial charge < -0.3 is 10.2 Å². The Bertz CT molecular complexity index is 822. The third-order valence-corrected chi connectivity index (χ3v) is 6.93. The molecule has 3 atom stereocenters. The van der Waals surface area contributed by atoms with Gasteiger partial charge in [-0.25, -0.2) is 0 Å². The number of rotatable bonds is 7. The third-order valence-electron chi connectivity index (χ3n) is 6.93. The number of carbonyl (C=O) groups is 3. The quantitative estimate of drug-likeness (QED) is 0.534. The van der Waals surface area contributed by atoms with E-state index in [0.29, 0.717) is 30.5 Å². The molecule has 1 aromatic carbocycles. The van der Waals surface area contributed by atoms with Gasteiger partial charge in [0.25, 0.3) is 5.91 Å². The van der Waals surface area contributed by atoms with Crippen LogP contribution in [0.4, 0.5) is 0 Å². The second-order valence-electron chi connectivity index (χ2n) is 9.05. The molecule has 3 amide bonds. The van der Waals surface area contributed by atoms with Crippen LogP contribution in [0.2, 0.25) is 0 Å². The van der Waals surface area contributed by atoms with Gasteiger partial charge in [-0.2, -0.15) is 0 Å². The first-order valence-corrected chi connectivity index (χ1v) is 11.6. The normalized spacial score (nSPS) is 26.6. The lowest BCUT2D eigenvalue weighted by atomic mass is 9.80. The van der Waals surface area contributed by atoms with Crippen molar-refractivity contribution in [3.8, 4) is 0 Å². The van der Waals surface area contributed by atoms with Crippen molar-refractivity contribution in [2.75, 3.05) is 6.54 Å². The predicted octanol–water partition coefficient (Wildman–Crippen LogP) is 2.94. The molecule has 0 bridgehead atoms. The minimum atomic E-state index is -0.545. The molecule has 6 nitrogen and oxygen atoms in total. The number of fused-ring (bicyclic) bond motifs is 1. The zero-order chi connectivity index (χ0) is 21.1. The Labute approximate surface area is 178 Å². The van der Waals surface area contributed by atoms with Crippen molar-refractivity contribution in [2.45, 2.75) is 83.3 Å². The fourth-order valence-corrected chi connectivity index (χ4v) is 5.24. The van der Waals surface area contributed by atoms with Gasteiger partial charge in [-0.3, -0.25) is 19.7 Å². The van der Waals surface area contributed by atoms with E-state index in [-0.39, 0.29) is 24.1 Å². The highest BCUT2D eigenvalue weighted by Crippen LogP contribution is 2.31. The Morgan fingerprint density at radius 3 is 2.77 bits per heavy atom. The van der Waals surface area contributed by atoms with Gasteiger partial charge in [0.2, 0.25) is 11.8 Å².